The minimum atomic E-state index is -0.490. The van der Waals surface area contributed by atoms with Gasteiger partial charge in [0.15, 0.2) is 0 Å². The number of hydrogen-bond donors (Lipinski definition) is 2. The lowest BCUT2D eigenvalue weighted by atomic mass is 10.1. The summed E-state index contributed by atoms with van der Waals surface area (Å²) < 4.78 is 0. The molecule has 2 N–H and O–H groups in total. The maximum atomic E-state index is 12.1. The van der Waals surface area contributed by atoms with Gasteiger partial charge in [-0.25, -0.2) is 4.98 Å². The van der Waals surface area contributed by atoms with Crippen LogP contribution in [-0.4, -0.2) is 36.7 Å². The number of carbonyl (C=O) groups excluding carboxylic acids is 2. The Bertz CT molecular complexity index is 979. The van der Waals surface area contributed by atoms with Crippen LogP contribution in [0.15, 0.2) is 79.1 Å². The number of hydrogen-bond acceptors (Lipinski definition) is 7. The third-order valence-electron chi connectivity index (χ3n) is 3.64. The van der Waals surface area contributed by atoms with E-state index in [0.717, 1.165) is 12.2 Å². The van der Waals surface area contributed by atoms with Gasteiger partial charge in [-0.3, -0.25) is 19.6 Å². The Morgan fingerprint density at radius 2 is 1.07 bits per heavy atom. The first-order valence-corrected chi connectivity index (χ1v) is 8.24. The van der Waals surface area contributed by atoms with E-state index in [0.29, 0.717) is 0 Å². The zero-order valence-electron chi connectivity index (χ0n) is 14.6. The normalized spacial score (nSPS) is 11.9. The number of carbonyl (C=O) groups is 2. The van der Waals surface area contributed by atoms with Crippen LogP contribution in [0.3, 0.4) is 0 Å². The van der Waals surface area contributed by atoms with Crippen molar-refractivity contribution in [1.29, 1.82) is 0 Å². The summed E-state index contributed by atoms with van der Waals surface area (Å²) in [6.07, 6.45) is 4.93. The minimum absolute atomic E-state index is 0.0621. The lowest BCUT2D eigenvalue weighted by Crippen LogP contribution is -2.02. The van der Waals surface area contributed by atoms with Crippen molar-refractivity contribution in [2.45, 2.75) is 0 Å². The van der Waals surface area contributed by atoms with Crippen molar-refractivity contribution in [2.75, 3.05) is 0 Å². The number of pyridine rings is 3. The zero-order chi connectivity index (χ0) is 19.9. The first kappa shape index (κ1) is 18.7. The molecule has 0 aromatic carbocycles. The second-order valence-electron chi connectivity index (χ2n) is 5.63. The van der Waals surface area contributed by atoms with Crippen molar-refractivity contribution in [3.8, 4) is 0 Å². The van der Waals surface area contributed by atoms with Crippen molar-refractivity contribution in [3.05, 3.63) is 102 Å². The summed E-state index contributed by atoms with van der Waals surface area (Å²) in [6.45, 7) is 0. The third-order valence-corrected chi connectivity index (χ3v) is 3.64. The van der Waals surface area contributed by atoms with Gasteiger partial charge < -0.3 is 10.2 Å². The van der Waals surface area contributed by atoms with Gasteiger partial charge in [0, 0.05) is 24.5 Å². The maximum absolute atomic E-state index is 12.1. The number of allylic oxidation sites excluding steroid dienone is 2. The number of aliphatic hydroxyl groups excluding tert-OH is 2. The number of ketones is 2. The van der Waals surface area contributed by atoms with E-state index in [1.165, 1.54) is 42.7 Å². The fraction of sp³-hybridized carbons (Fsp3) is 0. The van der Waals surface area contributed by atoms with Crippen molar-refractivity contribution in [1.82, 2.24) is 15.0 Å². The van der Waals surface area contributed by atoms with Gasteiger partial charge in [0.2, 0.25) is 11.6 Å². The fourth-order valence-electron chi connectivity index (χ4n) is 2.28. The second kappa shape index (κ2) is 8.50. The summed E-state index contributed by atoms with van der Waals surface area (Å²) >= 11 is 0. The molecule has 0 aliphatic heterocycles. The molecule has 0 radical (unpaired) electrons. The standard InChI is InChI=1S/C21H15N3O4/c25-18(14-6-1-3-10-22-14)12-20(27)16-8-5-9-17(24-16)21(28)13-19(26)15-7-2-4-11-23-15/h1-13,27-28H/b20-12-,21-13?. The molecule has 0 spiro atoms. The molecule has 0 fully saturated rings. The molecule has 0 aliphatic rings. The van der Waals surface area contributed by atoms with Gasteiger partial charge in [-0.05, 0) is 36.4 Å². The Morgan fingerprint density at radius 1 is 0.643 bits per heavy atom. The summed E-state index contributed by atoms with van der Waals surface area (Å²) in [4.78, 5) is 36.1. The predicted molar refractivity (Wildman–Crippen MR) is 103 cm³/mol. The van der Waals surface area contributed by atoms with Gasteiger partial charge in [0.25, 0.3) is 0 Å². The average molecular weight is 373 g/mol. The van der Waals surface area contributed by atoms with Gasteiger partial charge in [0.1, 0.15) is 34.3 Å². The van der Waals surface area contributed by atoms with Crippen LogP contribution in [0, 0.1) is 0 Å². The third kappa shape index (κ3) is 4.53. The largest absolute Gasteiger partial charge is 0.506 e. The molecule has 0 atom stereocenters. The highest BCUT2D eigenvalue weighted by Gasteiger charge is 2.11. The Hall–Kier alpha value is -4.13. The Balaban J connectivity index is 1.83. The van der Waals surface area contributed by atoms with Crippen LogP contribution < -0.4 is 0 Å². The maximum Gasteiger partial charge on any atom is 0.207 e. The summed E-state index contributed by atoms with van der Waals surface area (Å²) in [5.41, 5.74) is 0.474. The van der Waals surface area contributed by atoms with E-state index in [4.69, 9.17) is 0 Å². The van der Waals surface area contributed by atoms with E-state index in [1.807, 2.05) is 0 Å². The lowest BCUT2D eigenvalue weighted by molar-refractivity contribution is 0.103. The zero-order valence-corrected chi connectivity index (χ0v) is 14.6. The summed E-state index contributed by atoms with van der Waals surface area (Å²) in [6, 6.07) is 14.2. The predicted octanol–water partition coefficient (Wildman–Crippen LogP) is 3.44. The molecule has 7 nitrogen and oxygen atoms in total. The van der Waals surface area contributed by atoms with Gasteiger partial charge in [-0.15, -0.1) is 0 Å². The van der Waals surface area contributed by atoms with Gasteiger partial charge in [0.05, 0.1) is 0 Å². The van der Waals surface area contributed by atoms with Crippen LogP contribution in [-0.2, 0) is 0 Å². The number of aromatic nitrogens is 3. The van der Waals surface area contributed by atoms with Crippen molar-refractivity contribution < 1.29 is 19.8 Å². The lowest BCUT2D eigenvalue weighted by Gasteiger charge is -2.04. The highest BCUT2D eigenvalue weighted by molar-refractivity contribution is 6.07. The SMILES string of the molecule is O=C(C=C(O)c1cccc(/C(O)=C/C(=O)c2ccccn2)n1)c1ccccn1. The van der Waals surface area contributed by atoms with Crippen LogP contribution in [0.4, 0.5) is 0 Å². The highest BCUT2D eigenvalue weighted by atomic mass is 16.3. The van der Waals surface area contributed by atoms with E-state index in [2.05, 4.69) is 15.0 Å². The quantitative estimate of drug-likeness (QED) is 0.386. The summed E-state index contributed by atoms with van der Waals surface area (Å²) in [5.74, 6) is -1.76. The molecule has 28 heavy (non-hydrogen) atoms. The smallest absolute Gasteiger partial charge is 0.207 e. The molecule has 0 amide bonds. The summed E-state index contributed by atoms with van der Waals surface area (Å²) in [7, 11) is 0. The molecule has 0 saturated carbocycles. The monoisotopic (exact) mass is 373 g/mol. The molecule has 3 aromatic rings. The van der Waals surface area contributed by atoms with E-state index in [-0.39, 0.29) is 34.3 Å². The Kier molecular flexibility index (Phi) is 5.66. The van der Waals surface area contributed by atoms with E-state index >= 15 is 0 Å². The van der Waals surface area contributed by atoms with Crippen LogP contribution in [0.25, 0.3) is 11.5 Å². The van der Waals surface area contributed by atoms with Crippen LogP contribution in [0.5, 0.6) is 0 Å². The van der Waals surface area contributed by atoms with E-state index < -0.39 is 11.6 Å². The minimum Gasteiger partial charge on any atom is -0.506 e. The van der Waals surface area contributed by atoms with Crippen molar-refractivity contribution >= 4 is 23.1 Å². The molecule has 0 aliphatic carbocycles. The van der Waals surface area contributed by atoms with Crippen LogP contribution >= 0.6 is 0 Å². The molecule has 7 heteroatoms. The molecule has 0 bridgehead atoms. The molecular formula is C21H15N3O4. The van der Waals surface area contributed by atoms with Crippen LogP contribution in [0.2, 0.25) is 0 Å². The molecule has 138 valence electrons. The molecule has 3 aromatic heterocycles. The first-order valence-electron chi connectivity index (χ1n) is 8.24. The molecule has 3 rings (SSSR count). The van der Waals surface area contributed by atoms with E-state index in [1.54, 1.807) is 24.3 Å². The Morgan fingerprint density at radius 3 is 1.46 bits per heavy atom. The molecule has 0 saturated heterocycles. The fourth-order valence-corrected chi connectivity index (χ4v) is 2.28. The second-order valence-corrected chi connectivity index (χ2v) is 5.63. The van der Waals surface area contributed by atoms with Crippen LogP contribution in [0.1, 0.15) is 32.4 Å². The van der Waals surface area contributed by atoms with Crippen molar-refractivity contribution in [3.63, 3.8) is 0 Å². The summed E-state index contributed by atoms with van der Waals surface area (Å²) in [5, 5.41) is 20.4. The number of aliphatic hydroxyl groups is 2. The molecule has 0 unspecified atom stereocenters. The van der Waals surface area contributed by atoms with Gasteiger partial charge in [-0.1, -0.05) is 18.2 Å². The Labute approximate surface area is 160 Å². The molecular weight excluding hydrogens is 358 g/mol. The van der Waals surface area contributed by atoms with E-state index in [9.17, 15) is 19.8 Å². The number of nitrogens with zero attached hydrogens (tertiary/aromatic N) is 3. The van der Waals surface area contributed by atoms with Gasteiger partial charge >= 0.3 is 0 Å². The van der Waals surface area contributed by atoms with Gasteiger partial charge in [-0.2, -0.15) is 0 Å². The first-order chi connectivity index (χ1) is 13.5. The topological polar surface area (TPSA) is 113 Å². The highest BCUT2D eigenvalue weighted by Crippen LogP contribution is 2.15. The van der Waals surface area contributed by atoms with Crippen molar-refractivity contribution in [2.24, 2.45) is 0 Å². The average Bonchev–Trinajstić information content (AvgIpc) is 2.75. The molecule has 3 heterocycles. The number of rotatable bonds is 6.